The lowest BCUT2D eigenvalue weighted by Crippen LogP contribution is -2.35. The first-order chi connectivity index (χ1) is 8.04. The lowest BCUT2D eigenvalue weighted by Gasteiger charge is -2.26. The molecule has 0 saturated heterocycles. The van der Waals surface area contributed by atoms with Crippen LogP contribution >= 0.6 is 0 Å². The summed E-state index contributed by atoms with van der Waals surface area (Å²) in [6.45, 7) is 6.03. The summed E-state index contributed by atoms with van der Waals surface area (Å²) in [5.74, 6) is -0.787. The summed E-state index contributed by atoms with van der Waals surface area (Å²) in [4.78, 5) is -0.380. The van der Waals surface area contributed by atoms with Crippen molar-refractivity contribution in [3.05, 3.63) is 24.0 Å². The summed E-state index contributed by atoms with van der Waals surface area (Å²) in [5, 5.41) is 0. The van der Waals surface area contributed by atoms with E-state index in [-0.39, 0.29) is 16.0 Å². The van der Waals surface area contributed by atoms with Gasteiger partial charge in [0.1, 0.15) is 10.7 Å². The fourth-order valence-corrected chi connectivity index (χ4v) is 3.13. The summed E-state index contributed by atoms with van der Waals surface area (Å²) in [6, 6.07) is 3.54. The molecule has 2 N–H and O–H groups in total. The maximum absolute atomic E-state index is 13.6. The second-order valence-electron chi connectivity index (χ2n) is 5.51. The van der Waals surface area contributed by atoms with E-state index in [0.29, 0.717) is 6.54 Å². The van der Waals surface area contributed by atoms with Crippen LogP contribution in [0.5, 0.6) is 0 Å². The number of halogens is 1. The van der Waals surface area contributed by atoms with Crippen LogP contribution in [0.1, 0.15) is 20.8 Å². The number of hydrogen-bond donors (Lipinski definition) is 1. The van der Waals surface area contributed by atoms with E-state index in [0.717, 1.165) is 16.4 Å². The van der Waals surface area contributed by atoms with Gasteiger partial charge in [0.15, 0.2) is 0 Å². The van der Waals surface area contributed by atoms with Gasteiger partial charge in [-0.25, -0.2) is 17.1 Å². The molecule has 4 nitrogen and oxygen atoms in total. The van der Waals surface area contributed by atoms with Crippen LogP contribution in [0.4, 0.5) is 10.1 Å². The first kappa shape index (κ1) is 14.9. The molecular formula is C12H19FN2O2S. The average Bonchev–Trinajstić information content (AvgIpc) is 2.19. The number of anilines is 1. The zero-order chi connectivity index (χ0) is 14.1. The van der Waals surface area contributed by atoms with E-state index < -0.39 is 15.8 Å². The zero-order valence-corrected chi connectivity index (χ0v) is 11.9. The molecule has 6 heteroatoms. The Hall–Kier alpha value is -1.14. The molecule has 0 aromatic heterocycles. The van der Waals surface area contributed by atoms with E-state index in [4.69, 9.17) is 5.73 Å². The van der Waals surface area contributed by atoms with Gasteiger partial charge in [0, 0.05) is 19.3 Å². The Kier molecular flexibility index (Phi) is 4.02. The molecule has 1 aromatic rings. The van der Waals surface area contributed by atoms with Crippen molar-refractivity contribution in [2.24, 2.45) is 5.41 Å². The fraction of sp³-hybridized carbons (Fsp3) is 0.500. The number of benzene rings is 1. The van der Waals surface area contributed by atoms with Crippen molar-refractivity contribution >= 4 is 15.7 Å². The van der Waals surface area contributed by atoms with Gasteiger partial charge in [0.2, 0.25) is 10.0 Å². The van der Waals surface area contributed by atoms with Gasteiger partial charge in [0.25, 0.3) is 0 Å². The Morgan fingerprint density at radius 3 is 2.39 bits per heavy atom. The molecule has 0 bridgehead atoms. The monoisotopic (exact) mass is 274 g/mol. The van der Waals surface area contributed by atoms with Crippen molar-refractivity contribution in [3.63, 3.8) is 0 Å². The molecule has 102 valence electrons. The van der Waals surface area contributed by atoms with Gasteiger partial charge >= 0.3 is 0 Å². The maximum atomic E-state index is 13.6. The molecule has 0 unspecified atom stereocenters. The van der Waals surface area contributed by atoms with Crippen LogP contribution < -0.4 is 5.73 Å². The van der Waals surface area contributed by atoms with Crippen molar-refractivity contribution in [2.75, 3.05) is 19.3 Å². The van der Waals surface area contributed by atoms with Crippen molar-refractivity contribution in [3.8, 4) is 0 Å². The molecule has 0 saturated carbocycles. The number of rotatable bonds is 3. The van der Waals surface area contributed by atoms with Gasteiger partial charge in [-0.05, 0) is 23.6 Å². The zero-order valence-electron chi connectivity index (χ0n) is 11.1. The maximum Gasteiger partial charge on any atom is 0.245 e. The third-order valence-corrected chi connectivity index (χ3v) is 4.16. The minimum absolute atomic E-state index is 0.210. The average molecular weight is 274 g/mol. The summed E-state index contributed by atoms with van der Waals surface area (Å²) in [7, 11) is -2.41. The summed E-state index contributed by atoms with van der Waals surface area (Å²) >= 11 is 0. The van der Waals surface area contributed by atoms with E-state index >= 15 is 0 Å². The normalized spacial score (nSPS) is 13.0. The second-order valence-corrected chi connectivity index (χ2v) is 7.52. The molecule has 1 rings (SSSR count). The third kappa shape index (κ3) is 3.43. The number of nitrogen functional groups attached to an aromatic ring is 1. The molecule has 1 aromatic carbocycles. The Morgan fingerprint density at radius 1 is 1.33 bits per heavy atom. The molecule has 0 spiro atoms. The van der Waals surface area contributed by atoms with Gasteiger partial charge < -0.3 is 5.73 Å². The number of nitrogens with zero attached hydrogens (tertiary/aromatic N) is 1. The number of sulfonamides is 1. The predicted octanol–water partition coefficient (Wildman–Crippen LogP) is 2.07. The minimum Gasteiger partial charge on any atom is -0.399 e. The second kappa shape index (κ2) is 4.85. The van der Waals surface area contributed by atoms with Gasteiger partial charge in [0.05, 0.1) is 0 Å². The molecule has 0 fully saturated rings. The summed E-state index contributed by atoms with van der Waals surface area (Å²) in [5.41, 5.74) is 5.51. The first-order valence-corrected chi connectivity index (χ1v) is 6.99. The largest absolute Gasteiger partial charge is 0.399 e. The highest BCUT2D eigenvalue weighted by Crippen LogP contribution is 2.24. The van der Waals surface area contributed by atoms with E-state index in [1.807, 2.05) is 20.8 Å². The van der Waals surface area contributed by atoms with E-state index in [1.54, 1.807) is 0 Å². The Morgan fingerprint density at radius 2 is 1.89 bits per heavy atom. The third-order valence-electron chi connectivity index (χ3n) is 2.34. The Labute approximate surface area is 108 Å². The van der Waals surface area contributed by atoms with Crippen molar-refractivity contribution in [1.82, 2.24) is 4.31 Å². The number of hydrogen-bond acceptors (Lipinski definition) is 3. The molecular weight excluding hydrogens is 255 g/mol. The van der Waals surface area contributed by atoms with Crippen LogP contribution in [0.15, 0.2) is 23.1 Å². The lowest BCUT2D eigenvalue weighted by molar-refractivity contribution is 0.310. The van der Waals surface area contributed by atoms with Crippen LogP contribution in [-0.4, -0.2) is 26.3 Å². The Balaban J connectivity index is 3.17. The van der Waals surface area contributed by atoms with Crippen LogP contribution in [-0.2, 0) is 10.0 Å². The lowest BCUT2D eigenvalue weighted by atomic mass is 9.97. The molecule has 0 aliphatic rings. The smallest absolute Gasteiger partial charge is 0.245 e. The molecule has 18 heavy (non-hydrogen) atoms. The predicted molar refractivity (Wildman–Crippen MR) is 70.1 cm³/mol. The van der Waals surface area contributed by atoms with Crippen molar-refractivity contribution < 1.29 is 12.8 Å². The highest BCUT2D eigenvalue weighted by Gasteiger charge is 2.27. The van der Waals surface area contributed by atoms with Gasteiger partial charge in [-0.2, -0.15) is 0 Å². The van der Waals surface area contributed by atoms with Gasteiger partial charge in [-0.3, -0.25) is 0 Å². The topological polar surface area (TPSA) is 63.4 Å². The van der Waals surface area contributed by atoms with E-state index in [9.17, 15) is 12.8 Å². The van der Waals surface area contributed by atoms with Crippen LogP contribution in [0.25, 0.3) is 0 Å². The molecule has 0 heterocycles. The van der Waals surface area contributed by atoms with Gasteiger partial charge in [-0.15, -0.1) is 0 Å². The molecule has 0 aliphatic carbocycles. The SMILES string of the molecule is CN(CC(C)(C)C)S(=O)(=O)c1cc(N)ccc1F. The van der Waals surface area contributed by atoms with Crippen LogP contribution in [0, 0.1) is 11.2 Å². The van der Waals surface area contributed by atoms with E-state index in [1.165, 1.54) is 13.1 Å². The van der Waals surface area contributed by atoms with Crippen molar-refractivity contribution in [2.45, 2.75) is 25.7 Å². The highest BCUT2D eigenvalue weighted by atomic mass is 32.2. The quantitative estimate of drug-likeness (QED) is 0.858. The van der Waals surface area contributed by atoms with E-state index in [2.05, 4.69) is 0 Å². The first-order valence-electron chi connectivity index (χ1n) is 5.55. The highest BCUT2D eigenvalue weighted by molar-refractivity contribution is 7.89. The molecule has 0 atom stereocenters. The molecule has 0 aliphatic heterocycles. The minimum atomic E-state index is -3.85. The Bertz CT molecular complexity index is 535. The molecule has 0 amide bonds. The molecule has 0 radical (unpaired) electrons. The standard InChI is InChI=1S/C12H19FN2O2S/c1-12(2,3)8-15(4)18(16,17)11-7-9(14)5-6-10(11)13/h5-7H,8,14H2,1-4H3. The fourth-order valence-electron chi connectivity index (χ4n) is 1.64. The van der Waals surface area contributed by atoms with Crippen LogP contribution in [0.3, 0.4) is 0 Å². The summed E-state index contributed by atoms with van der Waals surface area (Å²) < 4.78 is 39.2. The number of nitrogens with two attached hydrogens (primary N) is 1. The summed E-state index contributed by atoms with van der Waals surface area (Å²) in [6.07, 6.45) is 0. The van der Waals surface area contributed by atoms with Crippen LogP contribution in [0.2, 0.25) is 0 Å². The van der Waals surface area contributed by atoms with Gasteiger partial charge in [-0.1, -0.05) is 20.8 Å². The van der Waals surface area contributed by atoms with Crippen molar-refractivity contribution in [1.29, 1.82) is 0 Å².